The van der Waals surface area contributed by atoms with Crippen LogP contribution in [0.4, 0.5) is 0 Å². The summed E-state index contributed by atoms with van der Waals surface area (Å²) < 4.78 is 129. The predicted octanol–water partition coefficient (Wildman–Crippen LogP) is 12.2. The molecule has 39 atom stereocenters. The molecule has 12 heterocycles. The van der Waals surface area contributed by atoms with Crippen molar-refractivity contribution in [2.75, 3.05) is 55.7 Å². The Bertz CT molecular complexity index is 4410. The number of hydrogen-bond acceptors (Lipinski definition) is 29. The maximum absolute atomic E-state index is 14.4. The number of carbonyl (C=O) groups is 3. The van der Waals surface area contributed by atoms with Crippen molar-refractivity contribution in [3.05, 3.63) is 154 Å². The van der Waals surface area contributed by atoms with Crippen LogP contribution in [-0.4, -0.2) is 293 Å². The number of fused-ring (bicyclic) bond motifs is 4. The second-order valence-corrected chi connectivity index (χ2v) is 40.1. The molecule has 14 aliphatic rings. The molecule has 134 heavy (non-hydrogen) atoms. The topological polar surface area (TPSA) is 361 Å². The van der Waals surface area contributed by atoms with Crippen LogP contribution in [0.5, 0.6) is 0 Å². The molecule has 0 amide bonds. The fraction of sp³-hybridized carbons (Fsp3) is 0.721. The van der Waals surface area contributed by atoms with Gasteiger partial charge in [-0.25, -0.2) is 4.79 Å². The highest BCUT2D eigenvalue weighted by Gasteiger charge is 2.63. The number of likely N-dealkylation sites (N-methyl/N-ethyl adjacent to an activating group) is 2. The summed E-state index contributed by atoms with van der Waals surface area (Å²) in [5.41, 5.74) is 0.686. The lowest BCUT2D eigenvalue weighted by atomic mass is 9.71. The molecule has 2 aliphatic carbocycles. The van der Waals surface area contributed by atoms with Crippen LogP contribution >= 0.6 is 0 Å². The van der Waals surface area contributed by atoms with E-state index in [9.17, 15) is 34.8 Å². The van der Waals surface area contributed by atoms with Crippen molar-refractivity contribution in [2.24, 2.45) is 47.3 Å². The number of aliphatic hydroxyl groups excluding tert-OH is 2. The van der Waals surface area contributed by atoms with Gasteiger partial charge in [0.1, 0.15) is 71.9 Å². The van der Waals surface area contributed by atoms with Crippen molar-refractivity contribution in [1.82, 2.24) is 10.6 Å². The number of aliphatic hydroxyl groups is 4. The lowest BCUT2D eigenvalue weighted by Gasteiger charge is -2.48. The van der Waals surface area contributed by atoms with E-state index in [2.05, 4.69) is 104 Å². The summed E-state index contributed by atoms with van der Waals surface area (Å²) in [5.74, 6) is -5.95. The second-order valence-electron chi connectivity index (χ2n) is 40.1. The molecule has 12 aliphatic heterocycles. The third-order valence-electron chi connectivity index (χ3n) is 30.2. The van der Waals surface area contributed by atoms with E-state index >= 15 is 0 Å². The lowest BCUT2D eigenvalue weighted by Crippen LogP contribution is -2.58. The van der Waals surface area contributed by atoms with E-state index in [1.165, 1.54) is 0 Å². The standard InChI is InChI=1S/C49H75NO13.C48H73NO13.C7H6O2/c1-12-26(2)44-29(5)18-19-48(63-44)24-35-21-34(62-48)17-16-28(4)43(27(3)14-13-15-33-25-56-46-42(51)30(6)20-36(47(52)59-35)49(33,46)53)60-40-23-38(55-11)45(32(8)58-40)61-39-22-37(54-10)41(50-9)31(7)57-39;1-25(2)42-28(5)17-18-47(62-42)23-34-20-33(61-47)16-15-27(4)43(26(3)13-12-14-32-24-55-45-41(50)29(6)19-35(46(51)58-34)48(32,45)52)59-39-22-37(54-11)44(31(8)57-39)60-38-21-36(53-10)40(49-9)30(7)56-38;8-7(9)6-4-2-1-3-5-6/h13-16,18-20,26-27,29,31-32,34-46,50-51,53H,12,17,21-25H2,1-11H3;12-15,17-19,25-26,28,30-31,33-45,49-50,52H,16,20-24H2,1-11H3;1-5H,(H,8,9)/b14-13+,28-16+,33-15+;13-12?,27-15?,32-14+;/t26-,27-,29-,31+,32-,34+,35-,36-,37+,38-,39-,40-,41+,42+,43-,44+,45-,46+,48+,49+;26-,28-,30+,31-,33+,34-,35-,36+,37-,38-,39-,40+,41+,42+,43-,44-,45+,47+,48+;/m00./s1. The predicted molar refractivity (Wildman–Crippen MR) is 497 cm³/mol. The molecular weight excluding hydrogens is 1730 g/mol. The van der Waals surface area contributed by atoms with Gasteiger partial charge in [0, 0.05) is 103 Å². The molecule has 7 N–H and O–H groups in total. The summed E-state index contributed by atoms with van der Waals surface area (Å²) in [5, 5.41) is 62.5. The molecule has 0 radical (unpaired) electrons. The van der Waals surface area contributed by atoms with Crippen LogP contribution in [0.1, 0.15) is 192 Å². The molecule has 15 rings (SSSR count). The number of hydrogen-bond donors (Lipinski definition) is 7. The number of methoxy groups -OCH3 is 4. The summed E-state index contributed by atoms with van der Waals surface area (Å²) in [6.45, 7) is 32.7. The van der Waals surface area contributed by atoms with E-state index in [-0.39, 0.29) is 134 Å². The molecule has 0 saturated carbocycles. The molecule has 2 spiro atoms. The van der Waals surface area contributed by atoms with E-state index < -0.39 is 139 Å². The van der Waals surface area contributed by atoms with E-state index in [1.807, 2.05) is 78.2 Å². The Morgan fingerprint density at radius 3 is 1.26 bits per heavy atom. The first kappa shape index (κ1) is 105. The lowest BCUT2D eigenvalue weighted by molar-refractivity contribution is -0.312. The Morgan fingerprint density at radius 2 is 0.881 bits per heavy atom. The monoisotopic (exact) mass is 1880 g/mol. The number of ether oxygens (including phenoxy) is 20. The smallest absolute Gasteiger partial charge is 0.335 e. The van der Waals surface area contributed by atoms with Gasteiger partial charge in [0.2, 0.25) is 0 Å². The maximum atomic E-state index is 14.4. The molecule has 30 nitrogen and oxygen atoms in total. The van der Waals surface area contributed by atoms with E-state index in [1.54, 1.807) is 96.9 Å². The van der Waals surface area contributed by atoms with Gasteiger partial charge in [-0.2, -0.15) is 0 Å². The second kappa shape index (κ2) is 45.8. The van der Waals surface area contributed by atoms with Crippen molar-refractivity contribution in [3.63, 3.8) is 0 Å². The van der Waals surface area contributed by atoms with Gasteiger partial charge < -0.3 is 131 Å². The van der Waals surface area contributed by atoms with Crippen molar-refractivity contribution in [2.45, 2.75) is 376 Å². The Hall–Kier alpha value is -5.93. The van der Waals surface area contributed by atoms with Gasteiger partial charge in [-0.3, -0.25) is 9.59 Å². The van der Waals surface area contributed by atoms with Gasteiger partial charge >= 0.3 is 17.9 Å². The van der Waals surface area contributed by atoms with Crippen LogP contribution in [0, 0.1) is 47.3 Å². The zero-order valence-electron chi connectivity index (χ0n) is 82.6. The van der Waals surface area contributed by atoms with E-state index in [0.717, 1.165) is 17.6 Å². The number of carboxylic acid groups (broad SMARTS) is 1. The fourth-order valence-electron chi connectivity index (χ4n) is 22.5. The third kappa shape index (κ3) is 23.4. The number of nitrogens with one attached hydrogen (secondary N) is 2. The Kier molecular flexibility index (Phi) is 36.0. The summed E-state index contributed by atoms with van der Waals surface area (Å²) in [6.07, 6.45) is 20.5. The Labute approximate surface area is 792 Å². The number of rotatable bonds is 18. The number of carboxylic acids is 1. The van der Waals surface area contributed by atoms with E-state index in [0.29, 0.717) is 92.1 Å². The van der Waals surface area contributed by atoms with Crippen LogP contribution < -0.4 is 10.6 Å². The quantitative estimate of drug-likeness (QED) is 0.0530. The first-order chi connectivity index (χ1) is 63.8. The van der Waals surface area contributed by atoms with Crippen LogP contribution in [-0.2, 0) is 104 Å². The van der Waals surface area contributed by atoms with Crippen LogP contribution in [0.15, 0.2) is 149 Å². The van der Waals surface area contributed by atoms with Crippen molar-refractivity contribution >= 4 is 17.9 Å². The summed E-state index contributed by atoms with van der Waals surface area (Å²) >= 11 is 0. The molecule has 1 aromatic rings. The minimum Gasteiger partial charge on any atom is -0.478 e. The van der Waals surface area contributed by atoms with Gasteiger partial charge in [0.05, 0.1) is 116 Å². The highest BCUT2D eigenvalue weighted by atomic mass is 16.8. The van der Waals surface area contributed by atoms with Gasteiger partial charge in [0.15, 0.2) is 36.7 Å². The van der Waals surface area contributed by atoms with Crippen LogP contribution in [0.3, 0.4) is 0 Å². The van der Waals surface area contributed by atoms with Gasteiger partial charge in [-0.05, 0) is 152 Å². The van der Waals surface area contributed by atoms with Crippen molar-refractivity contribution < 1.29 is 135 Å². The van der Waals surface area contributed by atoms with E-state index in [4.69, 9.17) is 99.8 Å². The van der Waals surface area contributed by atoms with Gasteiger partial charge in [-0.15, -0.1) is 0 Å². The molecule has 1 aromatic carbocycles. The fourth-order valence-corrected chi connectivity index (χ4v) is 22.5. The SMILES string of the molecule is CC[C@H](C)[C@H]1O[C@]2(C=C[C@@H]1C)C[C@@H]1C[C@@H](C/C=C(\C)[C@@H](O[C@H]3C[C@H](OC)[C@@H](O[C@H]4C[C@@H](OC)[C@H](NC)[C@@H](C)O4)[C@H](C)O3)[C@@H](C)/C=C/C=C3\CO[C@@H]4[C@H](O)C(C)=C[C@@H](C(=O)O1)[C@]34O)O2.CN[C@@H]1[C@@H](C)O[C@@H](O[C@H]2[C@H](C)O[C@@H](O[C@@H]3C(C)=CC[C@@H]4C[C@@H](C[C@]5(C=C[C@H](C)[C@@H](C(C)C)O5)O4)OC(=O)[C@@H]4C=C(C)[C@@H](O)[C@H]5OC/C(=C\C=C[C@@H]3C)[C@]54O)C[C@@H]2OC)C[C@H]1OC.O=C(O)c1ccccc1. The minimum atomic E-state index is -1.83. The Morgan fingerprint density at radius 1 is 0.493 bits per heavy atom. The number of carbonyl (C=O) groups excluding carboxylic acids is 2. The molecule has 4 bridgehead atoms. The molecule has 30 heteroatoms. The maximum Gasteiger partial charge on any atom is 0.335 e. The number of benzene rings is 1. The molecular formula is C104H154N2O28. The molecule has 748 valence electrons. The minimum absolute atomic E-state index is 0.0407. The largest absolute Gasteiger partial charge is 0.478 e. The third-order valence-corrected chi connectivity index (χ3v) is 30.2. The number of aromatic carboxylic acids is 1. The van der Waals surface area contributed by atoms with Gasteiger partial charge in [-0.1, -0.05) is 153 Å². The number of esters is 2. The molecule has 0 aromatic heterocycles. The summed E-state index contributed by atoms with van der Waals surface area (Å²) in [7, 11) is 10.6. The van der Waals surface area contributed by atoms with Crippen molar-refractivity contribution in [1.29, 1.82) is 0 Å². The zero-order valence-corrected chi connectivity index (χ0v) is 82.6. The average molecular weight is 1880 g/mol. The molecule has 0 unspecified atom stereocenters. The number of allylic oxidation sites excluding steroid dienone is 4. The molecule has 8 saturated heterocycles. The highest BCUT2D eigenvalue weighted by molar-refractivity contribution is 5.87. The Balaban J connectivity index is 0.000000207. The normalized spacial score (nSPS) is 45.3. The van der Waals surface area contributed by atoms with Crippen LogP contribution in [0.2, 0.25) is 0 Å². The zero-order chi connectivity index (χ0) is 96.7. The first-order valence-corrected chi connectivity index (χ1v) is 48.8. The highest BCUT2D eigenvalue weighted by Crippen LogP contribution is 2.51. The molecule has 8 fully saturated rings. The van der Waals surface area contributed by atoms with Crippen LogP contribution in [0.25, 0.3) is 0 Å². The van der Waals surface area contributed by atoms with Gasteiger partial charge in [0.25, 0.3) is 0 Å². The average Bonchev–Trinajstić information content (AvgIpc) is 1.56. The summed E-state index contributed by atoms with van der Waals surface area (Å²) in [6, 6.07) is 8.38. The first-order valence-electron chi connectivity index (χ1n) is 48.8. The van der Waals surface area contributed by atoms with Crippen molar-refractivity contribution in [3.8, 4) is 0 Å². The summed E-state index contributed by atoms with van der Waals surface area (Å²) in [4.78, 5) is 38.9.